The summed E-state index contributed by atoms with van der Waals surface area (Å²) in [4.78, 5) is 4.08. The molecule has 5 nitrogen and oxygen atoms in total. The molecule has 0 amide bonds. The lowest BCUT2D eigenvalue weighted by Gasteiger charge is -2.19. The van der Waals surface area contributed by atoms with Crippen molar-refractivity contribution in [1.82, 2.24) is 10.1 Å². The zero-order chi connectivity index (χ0) is 10.5. The Hall–Kier alpha value is -0.750. The Morgan fingerprint density at radius 1 is 1.40 bits per heavy atom. The predicted octanol–water partition coefficient (Wildman–Crippen LogP) is 1.92. The first-order valence-corrected chi connectivity index (χ1v) is 6.34. The minimum atomic E-state index is 0.286. The molecule has 0 saturated heterocycles. The fraction of sp³-hybridized carbons (Fsp3) is 0.778. The van der Waals surface area contributed by atoms with Gasteiger partial charge in [0.1, 0.15) is 0 Å². The number of hydrogen-bond donors (Lipinski definition) is 2. The van der Waals surface area contributed by atoms with Gasteiger partial charge in [-0.1, -0.05) is 24.4 Å². The maximum absolute atomic E-state index is 5.15. The summed E-state index contributed by atoms with van der Waals surface area (Å²) in [6.07, 6.45) is 6.76. The van der Waals surface area contributed by atoms with Crippen molar-refractivity contribution in [2.75, 3.05) is 5.43 Å². The van der Waals surface area contributed by atoms with E-state index in [1.165, 1.54) is 32.1 Å². The van der Waals surface area contributed by atoms with E-state index in [-0.39, 0.29) is 6.01 Å². The molecule has 1 aromatic heterocycles. The van der Waals surface area contributed by atoms with Gasteiger partial charge in [0.15, 0.2) is 5.82 Å². The highest BCUT2D eigenvalue weighted by molar-refractivity contribution is 7.99. The average molecular weight is 228 g/mol. The van der Waals surface area contributed by atoms with Gasteiger partial charge in [-0.3, -0.25) is 5.43 Å². The Bertz CT molecular complexity index is 298. The van der Waals surface area contributed by atoms with Crippen LogP contribution in [0.1, 0.15) is 37.9 Å². The first-order chi connectivity index (χ1) is 7.38. The molecule has 1 fully saturated rings. The highest BCUT2D eigenvalue weighted by Crippen LogP contribution is 2.29. The molecule has 1 aliphatic carbocycles. The Morgan fingerprint density at radius 2 is 2.20 bits per heavy atom. The van der Waals surface area contributed by atoms with Gasteiger partial charge >= 0.3 is 6.01 Å². The Kier molecular flexibility index (Phi) is 3.85. The van der Waals surface area contributed by atoms with Crippen LogP contribution in [0.15, 0.2) is 4.52 Å². The maximum Gasteiger partial charge on any atom is 0.335 e. The number of aromatic nitrogens is 2. The second-order valence-corrected chi connectivity index (χ2v) is 5.02. The summed E-state index contributed by atoms with van der Waals surface area (Å²) < 4.78 is 4.84. The van der Waals surface area contributed by atoms with Gasteiger partial charge in [-0.25, -0.2) is 5.84 Å². The van der Waals surface area contributed by atoms with Crippen LogP contribution in [0.2, 0.25) is 0 Å². The zero-order valence-electron chi connectivity index (χ0n) is 8.61. The van der Waals surface area contributed by atoms with Crippen LogP contribution in [0.3, 0.4) is 0 Å². The van der Waals surface area contributed by atoms with E-state index in [1.54, 1.807) is 0 Å². The molecule has 0 bridgehead atoms. The van der Waals surface area contributed by atoms with Gasteiger partial charge in [-0.05, 0) is 12.8 Å². The maximum atomic E-state index is 5.15. The number of thioether (sulfide) groups is 1. The van der Waals surface area contributed by atoms with Crippen molar-refractivity contribution in [2.45, 2.75) is 43.1 Å². The van der Waals surface area contributed by atoms with E-state index in [0.29, 0.717) is 0 Å². The molecule has 0 atom stereocenters. The monoisotopic (exact) mass is 228 g/mol. The number of nitrogens with two attached hydrogens (primary N) is 1. The molecule has 0 spiro atoms. The first-order valence-electron chi connectivity index (χ1n) is 5.29. The molecule has 1 heterocycles. The van der Waals surface area contributed by atoms with Crippen LogP contribution in [-0.2, 0) is 5.75 Å². The van der Waals surface area contributed by atoms with Gasteiger partial charge in [0, 0.05) is 5.25 Å². The van der Waals surface area contributed by atoms with E-state index in [2.05, 4.69) is 15.6 Å². The van der Waals surface area contributed by atoms with Crippen LogP contribution < -0.4 is 11.3 Å². The highest BCUT2D eigenvalue weighted by atomic mass is 32.2. The van der Waals surface area contributed by atoms with E-state index in [0.717, 1.165) is 16.8 Å². The van der Waals surface area contributed by atoms with Crippen LogP contribution in [0.25, 0.3) is 0 Å². The van der Waals surface area contributed by atoms with E-state index >= 15 is 0 Å². The number of hydrazine groups is 1. The molecule has 1 aromatic rings. The number of anilines is 1. The minimum absolute atomic E-state index is 0.286. The first kappa shape index (κ1) is 10.8. The second kappa shape index (κ2) is 5.37. The van der Waals surface area contributed by atoms with Gasteiger partial charge in [-0.15, -0.1) is 0 Å². The van der Waals surface area contributed by atoms with Crippen molar-refractivity contribution in [3.05, 3.63) is 5.82 Å². The van der Waals surface area contributed by atoms with Gasteiger partial charge in [0.2, 0.25) is 0 Å². The summed E-state index contributed by atoms with van der Waals surface area (Å²) in [5.74, 6) is 6.69. The molecule has 0 radical (unpaired) electrons. The molecule has 15 heavy (non-hydrogen) atoms. The largest absolute Gasteiger partial charge is 0.335 e. The lowest BCUT2D eigenvalue weighted by molar-refractivity contribution is 0.425. The fourth-order valence-electron chi connectivity index (χ4n) is 1.80. The van der Waals surface area contributed by atoms with Crippen LogP contribution in [-0.4, -0.2) is 15.4 Å². The molecule has 0 aliphatic heterocycles. The summed E-state index contributed by atoms with van der Waals surface area (Å²) in [5, 5.41) is 4.59. The SMILES string of the molecule is NNc1nc(CSC2CCCCC2)no1. The second-order valence-electron chi connectivity index (χ2n) is 3.73. The number of nitrogen functional groups attached to an aromatic ring is 1. The quantitative estimate of drug-likeness (QED) is 0.605. The Labute approximate surface area is 93.1 Å². The van der Waals surface area contributed by atoms with Gasteiger partial charge in [0.25, 0.3) is 0 Å². The number of nitrogens with zero attached hydrogens (tertiary/aromatic N) is 2. The third-order valence-corrected chi connectivity index (χ3v) is 3.96. The molecular weight excluding hydrogens is 212 g/mol. The van der Waals surface area contributed by atoms with Gasteiger partial charge in [-0.2, -0.15) is 16.7 Å². The summed E-state index contributed by atoms with van der Waals surface area (Å²) in [6.45, 7) is 0. The molecule has 2 rings (SSSR count). The molecule has 0 unspecified atom stereocenters. The smallest absolute Gasteiger partial charge is 0.314 e. The Morgan fingerprint density at radius 3 is 2.87 bits per heavy atom. The van der Waals surface area contributed by atoms with E-state index in [9.17, 15) is 0 Å². The van der Waals surface area contributed by atoms with Crippen molar-refractivity contribution < 1.29 is 4.52 Å². The van der Waals surface area contributed by atoms with E-state index in [4.69, 9.17) is 10.4 Å². The predicted molar refractivity (Wildman–Crippen MR) is 60.3 cm³/mol. The molecule has 84 valence electrons. The van der Waals surface area contributed by atoms with Crippen molar-refractivity contribution in [3.8, 4) is 0 Å². The van der Waals surface area contributed by atoms with Crippen molar-refractivity contribution in [2.24, 2.45) is 5.84 Å². The normalized spacial score (nSPS) is 17.9. The Balaban J connectivity index is 1.76. The molecule has 3 N–H and O–H groups in total. The summed E-state index contributed by atoms with van der Waals surface area (Å²) in [7, 11) is 0. The molecule has 6 heteroatoms. The van der Waals surface area contributed by atoms with Crippen molar-refractivity contribution in [3.63, 3.8) is 0 Å². The standard InChI is InChI=1S/C9H16N4OS/c10-12-9-11-8(13-14-9)6-15-7-4-2-1-3-5-7/h7H,1-6,10H2,(H,11,12,13). The van der Waals surface area contributed by atoms with E-state index < -0.39 is 0 Å². The fourth-order valence-corrected chi connectivity index (χ4v) is 2.96. The van der Waals surface area contributed by atoms with Gasteiger partial charge < -0.3 is 4.52 Å². The molecule has 1 aliphatic rings. The summed E-state index contributed by atoms with van der Waals surface area (Å²) in [6, 6.07) is 0.286. The minimum Gasteiger partial charge on any atom is -0.314 e. The van der Waals surface area contributed by atoms with E-state index in [1.807, 2.05) is 11.8 Å². The third-order valence-electron chi connectivity index (χ3n) is 2.59. The average Bonchev–Trinajstić information content (AvgIpc) is 2.76. The lowest BCUT2D eigenvalue weighted by atomic mass is 10.0. The molecule has 1 saturated carbocycles. The number of hydrogen-bond acceptors (Lipinski definition) is 6. The number of nitrogens with one attached hydrogen (secondary N) is 1. The molecule has 0 aromatic carbocycles. The lowest BCUT2D eigenvalue weighted by Crippen LogP contribution is -2.08. The van der Waals surface area contributed by atoms with Crippen molar-refractivity contribution >= 4 is 17.8 Å². The number of rotatable bonds is 4. The van der Waals surface area contributed by atoms with Crippen LogP contribution in [0.5, 0.6) is 0 Å². The topological polar surface area (TPSA) is 77.0 Å². The summed E-state index contributed by atoms with van der Waals surface area (Å²) in [5.41, 5.74) is 2.34. The molecular formula is C9H16N4OS. The van der Waals surface area contributed by atoms with Gasteiger partial charge in [0.05, 0.1) is 5.75 Å². The van der Waals surface area contributed by atoms with Crippen LogP contribution in [0, 0.1) is 0 Å². The third kappa shape index (κ3) is 3.10. The summed E-state index contributed by atoms with van der Waals surface area (Å²) >= 11 is 1.92. The van der Waals surface area contributed by atoms with Crippen LogP contribution in [0.4, 0.5) is 6.01 Å². The van der Waals surface area contributed by atoms with Crippen molar-refractivity contribution in [1.29, 1.82) is 0 Å². The highest BCUT2D eigenvalue weighted by Gasteiger charge is 2.15. The zero-order valence-corrected chi connectivity index (χ0v) is 9.42. The van der Waals surface area contributed by atoms with Crippen LogP contribution >= 0.6 is 11.8 Å².